The third-order valence-electron chi connectivity index (χ3n) is 2.39. The van der Waals surface area contributed by atoms with Crippen LogP contribution in [-0.4, -0.2) is 25.2 Å². The van der Waals surface area contributed by atoms with Crippen molar-refractivity contribution in [1.29, 1.82) is 0 Å². The van der Waals surface area contributed by atoms with Crippen LogP contribution in [0.25, 0.3) is 0 Å². The van der Waals surface area contributed by atoms with E-state index in [-0.39, 0.29) is 22.6 Å². The number of terminal acetylenes is 1. The number of carbonyl (C=O) groups is 1. The molecule has 0 fully saturated rings. The first-order valence-electron chi connectivity index (χ1n) is 4.99. The average molecular weight is 331 g/mol. The normalized spacial score (nSPS) is 10.9. The van der Waals surface area contributed by atoms with Crippen molar-refractivity contribution in [2.45, 2.75) is 18.2 Å². The fraction of sp³-hybridized carbons (Fsp3) is 0.250. The molecule has 0 aliphatic heterocycles. The Bertz CT molecular complexity index is 626. The molecule has 1 aromatic carbocycles. The van der Waals surface area contributed by atoms with Crippen LogP contribution in [0.1, 0.15) is 22.3 Å². The minimum absolute atomic E-state index is 0.00419. The molecule has 6 heteroatoms. The Morgan fingerprint density at radius 1 is 1.50 bits per heavy atom. The topological polar surface area (TPSA) is 71.4 Å². The second-order valence-electron chi connectivity index (χ2n) is 3.66. The number of hydrogen-bond donors (Lipinski definition) is 1. The Hall–Kier alpha value is -1.32. The standard InChI is InChI=1S/C12H11BrO4S/c1-3-4-5-18(16,17)11-7-9(12(14)15)6-10(13)8(11)2/h1,6-7H,4-5H2,2H3,(H,14,15). The van der Waals surface area contributed by atoms with Crippen LogP contribution in [-0.2, 0) is 9.84 Å². The lowest BCUT2D eigenvalue weighted by atomic mass is 10.1. The Labute approximate surface area is 114 Å². The van der Waals surface area contributed by atoms with Crippen molar-refractivity contribution in [3.8, 4) is 12.3 Å². The predicted molar refractivity (Wildman–Crippen MR) is 71.3 cm³/mol. The van der Waals surface area contributed by atoms with Crippen LogP contribution in [0.5, 0.6) is 0 Å². The van der Waals surface area contributed by atoms with Gasteiger partial charge in [0.2, 0.25) is 0 Å². The molecule has 0 aromatic heterocycles. The van der Waals surface area contributed by atoms with Gasteiger partial charge >= 0.3 is 5.97 Å². The maximum absolute atomic E-state index is 12.0. The van der Waals surface area contributed by atoms with Gasteiger partial charge in [0.1, 0.15) is 0 Å². The Morgan fingerprint density at radius 2 is 2.11 bits per heavy atom. The lowest BCUT2D eigenvalue weighted by molar-refractivity contribution is 0.0696. The van der Waals surface area contributed by atoms with Crippen molar-refractivity contribution in [3.05, 3.63) is 27.7 Å². The second-order valence-corrected chi connectivity index (χ2v) is 6.59. The fourth-order valence-corrected chi connectivity index (χ4v) is 3.48. The van der Waals surface area contributed by atoms with Crippen molar-refractivity contribution in [3.63, 3.8) is 0 Å². The van der Waals surface area contributed by atoms with Crippen LogP contribution in [0.15, 0.2) is 21.5 Å². The van der Waals surface area contributed by atoms with Gasteiger partial charge in [-0.1, -0.05) is 15.9 Å². The number of hydrogen-bond acceptors (Lipinski definition) is 3. The minimum atomic E-state index is -3.57. The number of benzene rings is 1. The number of halogens is 1. The lowest BCUT2D eigenvalue weighted by Gasteiger charge is -2.09. The highest BCUT2D eigenvalue weighted by Crippen LogP contribution is 2.27. The molecule has 96 valence electrons. The Morgan fingerprint density at radius 3 is 2.61 bits per heavy atom. The van der Waals surface area contributed by atoms with E-state index in [1.165, 1.54) is 6.07 Å². The van der Waals surface area contributed by atoms with Crippen LogP contribution in [0, 0.1) is 19.3 Å². The van der Waals surface area contributed by atoms with Crippen LogP contribution >= 0.6 is 15.9 Å². The summed E-state index contributed by atoms with van der Waals surface area (Å²) >= 11 is 3.16. The van der Waals surface area contributed by atoms with Gasteiger partial charge in [-0.05, 0) is 24.6 Å². The van der Waals surface area contributed by atoms with Gasteiger partial charge in [-0.15, -0.1) is 12.3 Å². The van der Waals surface area contributed by atoms with E-state index in [1.54, 1.807) is 6.92 Å². The van der Waals surface area contributed by atoms with E-state index in [1.807, 2.05) is 0 Å². The lowest BCUT2D eigenvalue weighted by Crippen LogP contribution is -2.10. The summed E-state index contributed by atoms with van der Waals surface area (Å²) in [4.78, 5) is 10.9. The van der Waals surface area contributed by atoms with Crippen molar-refractivity contribution >= 4 is 31.7 Å². The largest absolute Gasteiger partial charge is 0.478 e. The SMILES string of the molecule is C#CCCS(=O)(=O)c1cc(C(=O)O)cc(Br)c1C. The number of carboxylic acid groups (broad SMARTS) is 1. The summed E-state index contributed by atoms with van der Waals surface area (Å²) in [6.45, 7) is 1.61. The highest BCUT2D eigenvalue weighted by atomic mass is 79.9. The maximum Gasteiger partial charge on any atom is 0.335 e. The van der Waals surface area contributed by atoms with E-state index in [9.17, 15) is 13.2 Å². The summed E-state index contributed by atoms with van der Waals surface area (Å²) in [6.07, 6.45) is 5.14. The number of rotatable bonds is 4. The van der Waals surface area contributed by atoms with Gasteiger partial charge in [0.25, 0.3) is 0 Å². The van der Waals surface area contributed by atoms with Crippen molar-refractivity contribution in [1.82, 2.24) is 0 Å². The second kappa shape index (κ2) is 5.55. The smallest absolute Gasteiger partial charge is 0.335 e. The zero-order chi connectivity index (χ0) is 13.9. The monoisotopic (exact) mass is 330 g/mol. The predicted octanol–water partition coefficient (Wildman–Crippen LogP) is 2.25. The van der Waals surface area contributed by atoms with Gasteiger partial charge in [-0.2, -0.15) is 0 Å². The summed E-state index contributed by atoms with van der Waals surface area (Å²) in [7, 11) is -3.57. The van der Waals surface area contributed by atoms with Gasteiger partial charge in [0.05, 0.1) is 16.2 Å². The summed E-state index contributed by atoms with van der Waals surface area (Å²) in [6, 6.07) is 2.53. The van der Waals surface area contributed by atoms with E-state index in [0.717, 1.165) is 6.07 Å². The molecule has 0 spiro atoms. The molecule has 4 nitrogen and oxygen atoms in total. The molecular formula is C12H11BrO4S. The molecule has 1 aromatic rings. The van der Waals surface area contributed by atoms with Crippen molar-refractivity contribution in [2.75, 3.05) is 5.75 Å². The zero-order valence-electron chi connectivity index (χ0n) is 9.60. The number of carboxylic acids is 1. The average Bonchev–Trinajstić information content (AvgIpc) is 2.29. The molecule has 0 saturated carbocycles. The van der Waals surface area contributed by atoms with Crippen molar-refractivity contribution < 1.29 is 18.3 Å². The van der Waals surface area contributed by atoms with Crippen LogP contribution in [0.2, 0.25) is 0 Å². The van der Waals surface area contributed by atoms with Gasteiger partial charge < -0.3 is 5.11 Å². The third kappa shape index (κ3) is 3.12. The first kappa shape index (κ1) is 14.7. The van der Waals surface area contributed by atoms with Crippen molar-refractivity contribution in [2.24, 2.45) is 0 Å². The molecule has 18 heavy (non-hydrogen) atoms. The molecule has 0 bridgehead atoms. The molecule has 0 aliphatic rings. The van der Waals surface area contributed by atoms with E-state index >= 15 is 0 Å². The summed E-state index contributed by atoms with van der Waals surface area (Å²) in [5, 5.41) is 8.92. The molecule has 0 saturated heterocycles. The van der Waals surface area contributed by atoms with E-state index < -0.39 is 15.8 Å². The molecule has 0 atom stereocenters. The molecule has 0 unspecified atom stereocenters. The van der Waals surface area contributed by atoms with Gasteiger partial charge in [0.15, 0.2) is 9.84 Å². The fourth-order valence-electron chi connectivity index (χ4n) is 1.40. The van der Waals surface area contributed by atoms with E-state index in [2.05, 4.69) is 21.9 Å². The first-order valence-corrected chi connectivity index (χ1v) is 7.44. The molecule has 0 radical (unpaired) electrons. The van der Waals surface area contributed by atoms with E-state index in [4.69, 9.17) is 11.5 Å². The summed E-state index contributed by atoms with van der Waals surface area (Å²) in [5.74, 6) is 0.886. The van der Waals surface area contributed by atoms with Crippen LogP contribution in [0.3, 0.4) is 0 Å². The summed E-state index contributed by atoms with van der Waals surface area (Å²) < 4.78 is 24.5. The van der Waals surface area contributed by atoms with Crippen LogP contribution in [0.4, 0.5) is 0 Å². The van der Waals surface area contributed by atoms with Gasteiger partial charge in [0, 0.05) is 10.9 Å². The minimum Gasteiger partial charge on any atom is -0.478 e. The molecule has 1 rings (SSSR count). The highest BCUT2D eigenvalue weighted by molar-refractivity contribution is 9.10. The Balaban J connectivity index is 3.41. The van der Waals surface area contributed by atoms with Gasteiger partial charge in [-0.3, -0.25) is 0 Å². The van der Waals surface area contributed by atoms with Gasteiger partial charge in [-0.25, -0.2) is 13.2 Å². The van der Waals surface area contributed by atoms with E-state index in [0.29, 0.717) is 10.0 Å². The molecule has 0 heterocycles. The third-order valence-corrected chi connectivity index (χ3v) is 5.05. The molecule has 0 amide bonds. The highest BCUT2D eigenvalue weighted by Gasteiger charge is 2.20. The zero-order valence-corrected chi connectivity index (χ0v) is 12.0. The maximum atomic E-state index is 12.0. The summed E-state index contributed by atoms with van der Waals surface area (Å²) in [5.41, 5.74) is 0.406. The Kier molecular flexibility index (Phi) is 4.54. The quantitative estimate of drug-likeness (QED) is 0.859. The molecule has 1 N–H and O–H groups in total. The molecular weight excluding hydrogens is 320 g/mol. The van der Waals surface area contributed by atoms with Crippen LogP contribution < -0.4 is 0 Å². The molecule has 0 aliphatic carbocycles. The first-order chi connectivity index (χ1) is 8.29. The number of aromatic carboxylic acids is 1. The number of sulfone groups is 1.